The number of aromatic nitrogens is 2. The van der Waals surface area contributed by atoms with E-state index in [0.717, 1.165) is 80.7 Å². The van der Waals surface area contributed by atoms with Gasteiger partial charge in [0, 0.05) is 29.7 Å². The Hall–Kier alpha value is -2.75. The van der Waals surface area contributed by atoms with Crippen molar-refractivity contribution < 1.29 is 19.0 Å². The van der Waals surface area contributed by atoms with Gasteiger partial charge in [-0.05, 0) is 69.1 Å². The zero-order chi connectivity index (χ0) is 25.9. The first-order valence-electron chi connectivity index (χ1n) is 14.0. The molecule has 0 bridgehead atoms. The second-order valence-corrected chi connectivity index (χ2v) is 11.5. The third-order valence-electron chi connectivity index (χ3n) is 7.99. The highest BCUT2D eigenvalue weighted by atomic mass is 32.1. The molecule has 3 heterocycles. The number of para-hydroxylation sites is 1. The molecule has 1 aliphatic heterocycles. The molecule has 1 atom stereocenters. The second-order valence-electron chi connectivity index (χ2n) is 10.4. The molecule has 8 nitrogen and oxygen atoms in total. The second kappa shape index (κ2) is 11.6. The zero-order valence-electron chi connectivity index (χ0n) is 22.0. The van der Waals surface area contributed by atoms with Crippen LogP contribution in [0.4, 0.5) is 11.6 Å². The summed E-state index contributed by atoms with van der Waals surface area (Å²) in [5, 5.41) is 4.35. The minimum Gasteiger partial charge on any atom is -0.474 e. The number of esters is 1. The molecule has 6 rings (SSSR count). The number of carbonyl (C=O) groups is 1. The molecule has 2 aromatic heterocycles. The summed E-state index contributed by atoms with van der Waals surface area (Å²) in [6.45, 7) is 5.99. The normalized spacial score (nSPS) is 23.8. The molecule has 202 valence electrons. The minimum atomic E-state index is -0.142. The van der Waals surface area contributed by atoms with Crippen molar-refractivity contribution in [3.05, 3.63) is 40.8 Å². The fourth-order valence-electron chi connectivity index (χ4n) is 6.15. The fraction of sp³-hybridized carbons (Fsp3) is 0.552. The maximum Gasteiger partial charge on any atom is 0.306 e. The Morgan fingerprint density at radius 2 is 1.89 bits per heavy atom. The quantitative estimate of drug-likeness (QED) is 0.381. The first kappa shape index (κ1) is 25.5. The van der Waals surface area contributed by atoms with Crippen LogP contribution in [0.3, 0.4) is 0 Å². The lowest BCUT2D eigenvalue weighted by Crippen LogP contribution is -2.46. The van der Waals surface area contributed by atoms with Gasteiger partial charge in [0.05, 0.1) is 31.6 Å². The molecule has 1 saturated heterocycles. The number of ether oxygens (including phenoxy) is 3. The molecule has 1 N–H and O–H groups in total. The number of hydrogen-bond acceptors (Lipinski definition) is 9. The van der Waals surface area contributed by atoms with Gasteiger partial charge in [-0.25, -0.2) is 4.98 Å². The Kier molecular flexibility index (Phi) is 7.76. The van der Waals surface area contributed by atoms with E-state index in [1.165, 1.54) is 10.4 Å². The van der Waals surface area contributed by atoms with Gasteiger partial charge in [-0.15, -0.1) is 11.3 Å². The van der Waals surface area contributed by atoms with Crippen molar-refractivity contribution in [1.82, 2.24) is 14.9 Å². The predicted octanol–water partition coefficient (Wildman–Crippen LogP) is 5.44. The lowest BCUT2D eigenvalue weighted by molar-refractivity contribution is -0.143. The van der Waals surface area contributed by atoms with Crippen LogP contribution in [0, 0.1) is 0 Å². The van der Waals surface area contributed by atoms with E-state index in [1.807, 2.05) is 37.3 Å². The highest BCUT2D eigenvalue weighted by molar-refractivity contribution is 7.19. The molecule has 9 heteroatoms. The molecule has 3 aromatic rings. The third-order valence-corrected chi connectivity index (χ3v) is 9.15. The molecule has 0 amide bonds. The molecule has 38 heavy (non-hydrogen) atoms. The van der Waals surface area contributed by atoms with Gasteiger partial charge in [0.15, 0.2) is 0 Å². The summed E-state index contributed by atoms with van der Waals surface area (Å²) < 4.78 is 17.6. The predicted molar refractivity (Wildman–Crippen MR) is 149 cm³/mol. The largest absolute Gasteiger partial charge is 0.474 e. The molecule has 1 aromatic carbocycles. The number of benzene rings is 1. The first-order valence-corrected chi connectivity index (χ1v) is 14.8. The van der Waals surface area contributed by atoms with Crippen LogP contribution >= 0.6 is 11.3 Å². The SMILES string of the molecule is CCOC(=O)C[C@H]1CCc2sc3nc(Nc4ccccc4)nc(O[C@H]4CC[C@H](N5CCOCC5)CC4)c3c21. The molecule has 0 spiro atoms. The van der Waals surface area contributed by atoms with Crippen molar-refractivity contribution in [2.75, 3.05) is 38.2 Å². The standard InChI is InChI=1S/C29H36N4O4S/c1-2-36-24(34)18-19-8-13-23-25(19)26-27(31-29(32-28(26)38-23)30-20-6-4-3-5-7-20)37-22-11-9-21(10-12-22)33-14-16-35-17-15-33/h3-7,19,21-22H,2,8-18H2,1H3,(H,30,31,32)/t19-,21-,22-/m1/s1. The van der Waals surface area contributed by atoms with Gasteiger partial charge in [-0.2, -0.15) is 4.98 Å². The Balaban J connectivity index is 1.27. The molecular weight excluding hydrogens is 500 g/mol. The van der Waals surface area contributed by atoms with Gasteiger partial charge >= 0.3 is 5.97 Å². The van der Waals surface area contributed by atoms with Gasteiger partial charge in [0.2, 0.25) is 11.8 Å². The number of nitrogens with zero attached hydrogens (tertiary/aromatic N) is 3. The molecule has 1 saturated carbocycles. The summed E-state index contributed by atoms with van der Waals surface area (Å²) in [6, 6.07) is 10.6. The van der Waals surface area contributed by atoms with Crippen LogP contribution in [-0.2, 0) is 20.7 Å². The van der Waals surface area contributed by atoms with E-state index in [0.29, 0.717) is 30.9 Å². The molecular formula is C29H36N4O4S. The van der Waals surface area contributed by atoms with Crippen LogP contribution < -0.4 is 10.1 Å². The maximum atomic E-state index is 12.4. The van der Waals surface area contributed by atoms with Crippen LogP contribution in [0.15, 0.2) is 30.3 Å². The van der Waals surface area contributed by atoms with E-state index in [9.17, 15) is 4.79 Å². The van der Waals surface area contributed by atoms with Crippen molar-refractivity contribution in [3.63, 3.8) is 0 Å². The van der Waals surface area contributed by atoms with Gasteiger partial charge < -0.3 is 19.5 Å². The number of morpholine rings is 1. The third kappa shape index (κ3) is 5.51. The lowest BCUT2D eigenvalue weighted by Gasteiger charge is -2.38. The summed E-state index contributed by atoms with van der Waals surface area (Å²) in [7, 11) is 0. The minimum absolute atomic E-state index is 0.119. The number of carbonyl (C=O) groups excluding carboxylic acids is 1. The van der Waals surface area contributed by atoms with Crippen LogP contribution in [0.25, 0.3) is 10.2 Å². The molecule has 3 aliphatic rings. The molecule has 2 fully saturated rings. The Morgan fingerprint density at radius 3 is 2.66 bits per heavy atom. The number of rotatable bonds is 8. The highest BCUT2D eigenvalue weighted by Gasteiger charge is 2.34. The van der Waals surface area contributed by atoms with Gasteiger partial charge in [-0.3, -0.25) is 9.69 Å². The van der Waals surface area contributed by atoms with Gasteiger partial charge in [0.1, 0.15) is 10.9 Å². The van der Waals surface area contributed by atoms with Crippen LogP contribution in [0.2, 0.25) is 0 Å². The van der Waals surface area contributed by atoms with Crippen LogP contribution in [0.1, 0.15) is 61.8 Å². The number of nitrogens with one attached hydrogen (secondary N) is 1. The summed E-state index contributed by atoms with van der Waals surface area (Å²) in [5.74, 6) is 1.17. The van der Waals surface area contributed by atoms with E-state index in [4.69, 9.17) is 24.2 Å². The average molecular weight is 537 g/mol. The Bertz CT molecular complexity index is 1250. The van der Waals surface area contributed by atoms with Gasteiger partial charge in [-0.1, -0.05) is 18.2 Å². The summed E-state index contributed by atoms with van der Waals surface area (Å²) in [5.41, 5.74) is 2.13. The fourth-order valence-corrected chi connectivity index (χ4v) is 7.41. The molecule has 0 unspecified atom stereocenters. The maximum absolute atomic E-state index is 12.4. The summed E-state index contributed by atoms with van der Waals surface area (Å²) >= 11 is 1.71. The van der Waals surface area contributed by atoms with E-state index < -0.39 is 0 Å². The number of anilines is 2. The summed E-state index contributed by atoms with van der Waals surface area (Å²) in [4.78, 5) is 27.0. The van der Waals surface area contributed by atoms with E-state index >= 15 is 0 Å². The average Bonchev–Trinajstić information content (AvgIpc) is 3.50. The van der Waals surface area contributed by atoms with Crippen molar-refractivity contribution in [3.8, 4) is 5.88 Å². The van der Waals surface area contributed by atoms with Gasteiger partial charge in [0.25, 0.3) is 0 Å². The number of aryl methyl sites for hydroxylation is 1. The number of hydrogen-bond donors (Lipinski definition) is 1. The summed E-state index contributed by atoms with van der Waals surface area (Å²) in [6.07, 6.45) is 6.68. The van der Waals surface area contributed by atoms with Crippen LogP contribution in [0.5, 0.6) is 5.88 Å². The number of thiophene rings is 1. The molecule has 0 radical (unpaired) electrons. The zero-order valence-corrected chi connectivity index (χ0v) is 22.8. The number of fused-ring (bicyclic) bond motifs is 3. The van der Waals surface area contributed by atoms with Crippen molar-refractivity contribution in [2.24, 2.45) is 0 Å². The Labute approximate surface area is 227 Å². The highest BCUT2D eigenvalue weighted by Crippen LogP contribution is 2.48. The van der Waals surface area contributed by atoms with Crippen molar-refractivity contribution in [2.45, 2.75) is 69.9 Å². The topological polar surface area (TPSA) is 85.8 Å². The lowest BCUT2D eigenvalue weighted by atomic mass is 9.91. The van der Waals surface area contributed by atoms with Crippen molar-refractivity contribution >= 4 is 39.2 Å². The van der Waals surface area contributed by atoms with E-state index in [-0.39, 0.29) is 18.0 Å². The van der Waals surface area contributed by atoms with E-state index in [2.05, 4.69) is 10.2 Å². The Morgan fingerprint density at radius 1 is 1.11 bits per heavy atom. The first-order chi connectivity index (χ1) is 18.7. The monoisotopic (exact) mass is 536 g/mol. The van der Waals surface area contributed by atoms with Crippen molar-refractivity contribution in [1.29, 1.82) is 0 Å². The molecule has 2 aliphatic carbocycles. The van der Waals surface area contributed by atoms with E-state index in [1.54, 1.807) is 11.3 Å². The smallest absolute Gasteiger partial charge is 0.306 e. The van der Waals surface area contributed by atoms with Crippen LogP contribution in [-0.4, -0.2) is 65.9 Å².